The molecular formula is C6H11NO. The first kappa shape index (κ1) is 4.50. The first-order valence-corrected chi connectivity index (χ1v) is 2.86. The summed E-state index contributed by atoms with van der Waals surface area (Å²) in [5.74, 6) is 0.347. The highest BCUT2D eigenvalue weighted by molar-refractivity contribution is 5.79. The lowest BCUT2D eigenvalue weighted by molar-refractivity contribution is -0.121. The molecule has 1 fully saturated rings. The molecule has 0 saturated carbocycles. The van der Waals surface area contributed by atoms with Crippen LogP contribution in [0.4, 0.5) is 0 Å². The van der Waals surface area contributed by atoms with E-state index in [2.05, 4.69) is 0 Å². The van der Waals surface area contributed by atoms with Gasteiger partial charge in [0.1, 0.15) is 5.78 Å². The zero-order chi connectivity index (χ0) is 6.69. The van der Waals surface area contributed by atoms with Crippen LogP contribution in [0.25, 0.3) is 0 Å². The molecule has 0 radical (unpaired) electrons. The Morgan fingerprint density at radius 2 is 2.25 bits per heavy atom. The Hall–Kier alpha value is -0.370. The van der Waals surface area contributed by atoms with E-state index in [4.69, 9.17) is 1.37 Å². The van der Waals surface area contributed by atoms with E-state index in [1.807, 2.05) is 4.90 Å². The Morgan fingerprint density at radius 3 is 2.75 bits per heavy atom. The summed E-state index contributed by atoms with van der Waals surface area (Å²) >= 11 is 0. The van der Waals surface area contributed by atoms with Crippen molar-refractivity contribution >= 4 is 5.78 Å². The third kappa shape index (κ3) is 1.30. The lowest BCUT2D eigenvalue weighted by Gasteiger charge is -2.19. The van der Waals surface area contributed by atoms with Crippen LogP contribution < -0.4 is 0 Å². The highest BCUT2D eigenvalue weighted by Crippen LogP contribution is 2.01. The molecule has 8 heavy (non-hydrogen) atoms. The first-order chi connectivity index (χ1) is 4.33. The molecule has 1 rings (SSSR count). The number of nitrogens with zero attached hydrogens (tertiary/aromatic N) is 1. The minimum atomic E-state index is 0.341. The largest absolute Gasteiger partial charge is 0.305 e. The summed E-state index contributed by atoms with van der Waals surface area (Å²) in [5, 5.41) is 0. The van der Waals surface area contributed by atoms with Crippen LogP contribution in [-0.2, 0) is 4.79 Å². The van der Waals surface area contributed by atoms with Crippen molar-refractivity contribution < 1.29 is 6.17 Å². The molecule has 0 aromatic heterocycles. The van der Waals surface area contributed by atoms with Crippen molar-refractivity contribution in [1.82, 2.24) is 4.90 Å². The number of likely N-dealkylation sites (tertiary alicyclic amines) is 1. The summed E-state index contributed by atoms with van der Waals surface area (Å²) in [6.45, 7) is 1.59. The molecular weight excluding hydrogens is 102 g/mol. The normalized spacial score (nSPS) is 25.5. The Balaban J connectivity index is 2.26. The zero-order valence-electron chi connectivity index (χ0n) is 5.89. The van der Waals surface area contributed by atoms with Crippen molar-refractivity contribution in [3.8, 4) is 0 Å². The van der Waals surface area contributed by atoms with Gasteiger partial charge in [0, 0.05) is 27.3 Å². The number of ketones is 1. The van der Waals surface area contributed by atoms with Gasteiger partial charge in [-0.2, -0.15) is 0 Å². The standard InChI is InChI=1S/C6H11NO/c1-7-4-2-6(8)3-5-7/h2-5H2,1H3/i1T. The molecule has 0 aliphatic carbocycles. The van der Waals surface area contributed by atoms with E-state index >= 15 is 0 Å². The number of rotatable bonds is 0. The van der Waals surface area contributed by atoms with Gasteiger partial charge in [-0.05, 0) is 7.02 Å². The molecule has 1 aliphatic heterocycles. The zero-order valence-corrected chi connectivity index (χ0v) is 4.89. The van der Waals surface area contributed by atoms with Crippen LogP contribution in [0.15, 0.2) is 0 Å². The second-order valence-corrected chi connectivity index (χ2v) is 2.16. The smallest absolute Gasteiger partial charge is 0.135 e. The molecule has 0 bridgehead atoms. The molecule has 1 heterocycles. The minimum Gasteiger partial charge on any atom is -0.305 e. The van der Waals surface area contributed by atoms with Crippen molar-refractivity contribution in [3.05, 3.63) is 0 Å². The van der Waals surface area contributed by atoms with Gasteiger partial charge in [0.2, 0.25) is 0 Å². The van der Waals surface area contributed by atoms with Gasteiger partial charge >= 0.3 is 0 Å². The summed E-state index contributed by atoms with van der Waals surface area (Å²) in [4.78, 5) is 12.6. The van der Waals surface area contributed by atoms with Crippen LogP contribution in [0.5, 0.6) is 0 Å². The van der Waals surface area contributed by atoms with Crippen molar-refractivity contribution in [3.63, 3.8) is 0 Å². The molecule has 0 amide bonds. The minimum absolute atomic E-state index is 0.341. The summed E-state index contributed by atoms with van der Waals surface area (Å²) < 4.78 is 6.98. The molecule has 1 aliphatic rings. The van der Waals surface area contributed by atoms with Crippen LogP contribution in [0.1, 0.15) is 14.2 Å². The van der Waals surface area contributed by atoms with Crippen molar-refractivity contribution in [1.29, 1.82) is 0 Å². The second kappa shape index (κ2) is 2.27. The van der Waals surface area contributed by atoms with E-state index in [0.717, 1.165) is 13.1 Å². The van der Waals surface area contributed by atoms with Crippen LogP contribution in [0.3, 0.4) is 0 Å². The van der Waals surface area contributed by atoms with E-state index in [1.165, 1.54) is 0 Å². The monoisotopic (exact) mass is 115 g/mol. The van der Waals surface area contributed by atoms with E-state index in [0.29, 0.717) is 25.6 Å². The fraction of sp³-hybridized carbons (Fsp3) is 0.833. The molecule has 0 spiro atoms. The maximum atomic E-state index is 10.6. The third-order valence-corrected chi connectivity index (χ3v) is 1.41. The average molecular weight is 115 g/mol. The number of hydrogen-bond acceptors (Lipinski definition) is 2. The fourth-order valence-electron chi connectivity index (χ4n) is 0.802. The van der Waals surface area contributed by atoms with Crippen LogP contribution >= 0.6 is 0 Å². The van der Waals surface area contributed by atoms with Gasteiger partial charge in [-0.3, -0.25) is 4.79 Å². The van der Waals surface area contributed by atoms with Crippen molar-refractivity contribution in [2.75, 3.05) is 20.1 Å². The summed E-state index contributed by atoms with van der Waals surface area (Å²) in [6.07, 6.45) is 1.30. The predicted octanol–water partition coefficient (Wildman–Crippen LogP) is 0.281. The number of carbonyl (C=O) groups is 1. The number of carbonyl (C=O) groups excluding carboxylic acids is 1. The second-order valence-electron chi connectivity index (χ2n) is 2.16. The molecule has 2 heteroatoms. The molecule has 0 N–H and O–H groups in total. The van der Waals surface area contributed by atoms with Gasteiger partial charge in [-0.15, -0.1) is 0 Å². The topological polar surface area (TPSA) is 20.3 Å². The lowest BCUT2D eigenvalue weighted by atomic mass is 10.1. The number of piperidine rings is 1. The molecule has 0 aromatic rings. The molecule has 0 unspecified atom stereocenters. The molecule has 2 nitrogen and oxygen atoms in total. The first-order valence-electron chi connectivity index (χ1n) is 3.57. The van der Waals surface area contributed by atoms with Gasteiger partial charge in [0.25, 0.3) is 0 Å². The summed E-state index contributed by atoms with van der Waals surface area (Å²) in [7, 11) is 0.341. The van der Waals surface area contributed by atoms with Gasteiger partial charge in [-0.1, -0.05) is 0 Å². The third-order valence-electron chi connectivity index (χ3n) is 1.41. The van der Waals surface area contributed by atoms with E-state index in [9.17, 15) is 4.79 Å². The quantitative estimate of drug-likeness (QED) is 0.452. The average Bonchev–Trinajstić information content (AvgIpc) is 1.90. The Bertz CT molecular complexity index is 106. The van der Waals surface area contributed by atoms with Crippen LogP contribution in [-0.4, -0.2) is 30.8 Å². The summed E-state index contributed by atoms with van der Waals surface area (Å²) in [5.41, 5.74) is 0. The maximum absolute atomic E-state index is 10.6. The SMILES string of the molecule is [3H]CN1CCC(=O)CC1. The van der Waals surface area contributed by atoms with E-state index in [1.54, 1.807) is 0 Å². The number of Topliss-reactive ketones (excluding diaryl/α,β-unsaturated/α-hetero) is 1. The Kier molecular flexibility index (Phi) is 1.28. The van der Waals surface area contributed by atoms with Gasteiger partial charge < -0.3 is 4.90 Å². The highest BCUT2D eigenvalue weighted by atomic mass is 16.1. The Morgan fingerprint density at radius 1 is 1.62 bits per heavy atom. The molecule has 0 atom stereocenters. The fourth-order valence-corrected chi connectivity index (χ4v) is 0.802. The lowest BCUT2D eigenvalue weighted by Crippen LogP contribution is -2.29. The van der Waals surface area contributed by atoms with Crippen LogP contribution in [0, 0.1) is 0 Å². The van der Waals surface area contributed by atoms with Crippen molar-refractivity contribution in [2.24, 2.45) is 0 Å². The van der Waals surface area contributed by atoms with Crippen LogP contribution in [0.2, 0.25) is 0 Å². The Labute approximate surface area is 50.9 Å². The summed E-state index contributed by atoms with van der Waals surface area (Å²) in [6, 6.07) is 0. The van der Waals surface area contributed by atoms with Gasteiger partial charge in [-0.25, -0.2) is 0 Å². The molecule has 1 saturated heterocycles. The predicted molar refractivity (Wildman–Crippen MR) is 31.7 cm³/mol. The van der Waals surface area contributed by atoms with E-state index < -0.39 is 0 Å². The van der Waals surface area contributed by atoms with Gasteiger partial charge in [0.05, 0.1) is 0 Å². The number of hydrogen-bond donors (Lipinski definition) is 0. The molecule has 46 valence electrons. The van der Waals surface area contributed by atoms with Gasteiger partial charge in [0.15, 0.2) is 0 Å². The van der Waals surface area contributed by atoms with Crippen molar-refractivity contribution in [2.45, 2.75) is 12.8 Å². The van der Waals surface area contributed by atoms with E-state index in [-0.39, 0.29) is 0 Å². The molecule has 0 aromatic carbocycles. The maximum Gasteiger partial charge on any atom is 0.135 e. The highest BCUT2D eigenvalue weighted by Gasteiger charge is 2.10.